The van der Waals surface area contributed by atoms with Gasteiger partial charge in [-0.25, -0.2) is 0 Å². The van der Waals surface area contributed by atoms with Crippen LogP contribution in [0, 0.1) is 0 Å². The van der Waals surface area contributed by atoms with E-state index >= 15 is 0 Å². The van der Waals surface area contributed by atoms with Crippen molar-refractivity contribution in [3.05, 3.63) is 47.5 Å². The molecule has 1 aliphatic rings. The minimum Gasteiger partial charge on any atom is -0.313 e. The first-order chi connectivity index (χ1) is 8.90. The maximum absolute atomic E-state index is 3.50. The maximum Gasteiger partial charge on any atom is 0.0240 e. The second-order valence-electron chi connectivity index (χ2n) is 4.94. The highest BCUT2D eigenvalue weighted by atomic mass is 15.1. The second-order valence-corrected chi connectivity index (χ2v) is 4.94. The van der Waals surface area contributed by atoms with Crippen molar-refractivity contribution in [2.45, 2.75) is 32.9 Å². The van der Waals surface area contributed by atoms with Gasteiger partial charge >= 0.3 is 0 Å². The Bertz CT molecular complexity index is 384. The molecule has 0 aromatic heterocycles. The van der Waals surface area contributed by atoms with Crippen LogP contribution in [0.5, 0.6) is 0 Å². The molecule has 0 spiro atoms. The molecule has 0 atom stereocenters. The lowest BCUT2D eigenvalue weighted by atomic mass is 10.1. The molecule has 2 rings (SSSR count). The summed E-state index contributed by atoms with van der Waals surface area (Å²) in [4.78, 5) is 2.51. The third kappa shape index (κ3) is 3.97. The number of hydrogen-bond acceptors (Lipinski definition) is 2. The molecular weight excluding hydrogens is 220 g/mol. The summed E-state index contributed by atoms with van der Waals surface area (Å²) in [6.07, 6.45) is 6.95. The van der Waals surface area contributed by atoms with Crippen LogP contribution in [0.2, 0.25) is 0 Å². The summed E-state index contributed by atoms with van der Waals surface area (Å²) in [6.45, 7) is 7.66. The van der Waals surface area contributed by atoms with Gasteiger partial charge in [-0.15, -0.1) is 0 Å². The van der Waals surface area contributed by atoms with E-state index in [9.17, 15) is 0 Å². The van der Waals surface area contributed by atoms with E-state index in [1.165, 1.54) is 30.5 Å². The average molecular weight is 244 g/mol. The van der Waals surface area contributed by atoms with E-state index in [1.54, 1.807) is 0 Å². The molecule has 0 aliphatic carbocycles. The predicted octanol–water partition coefficient (Wildman–Crippen LogP) is 2.95. The first-order valence-corrected chi connectivity index (χ1v) is 7.05. The maximum atomic E-state index is 3.50. The third-order valence-corrected chi connectivity index (χ3v) is 3.40. The quantitative estimate of drug-likeness (QED) is 0.611. The van der Waals surface area contributed by atoms with E-state index in [4.69, 9.17) is 0 Å². The van der Waals surface area contributed by atoms with Crippen LogP contribution < -0.4 is 5.32 Å². The molecule has 1 aromatic carbocycles. The van der Waals surface area contributed by atoms with Gasteiger partial charge in [-0.3, -0.25) is 4.90 Å². The van der Waals surface area contributed by atoms with Crippen LogP contribution in [0.3, 0.4) is 0 Å². The van der Waals surface area contributed by atoms with E-state index in [0.717, 1.165) is 26.2 Å². The fourth-order valence-electron chi connectivity index (χ4n) is 2.36. The highest BCUT2D eigenvalue weighted by Crippen LogP contribution is 2.13. The average Bonchev–Trinajstić information content (AvgIpc) is 2.42. The van der Waals surface area contributed by atoms with Crippen molar-refractivity contribution < 1.29 is 0 Å². The highest BCUT2D eigenvalue weighted by molar-refractivity contribution is 5.27. The van der Waals surface area contributed by atoms with Crippen molar-refractivity contribution in [2.75, 3.05) is 19.6 Å². The van der Waals surface area contributed by atoms with Crippen LogP contribution in [0.4, 0.5) is 0 Å². The van der Waals surface area contributed by atoms with Gasteiger partial charge in [0.15, 0.2) is 0 Å². The van der Waals surface area contributed by atoms with Gasteiger partial charge in [-0.1, -0.05) is 43.3 Å². The molecule has 0 unspecified atom stereocenters. The van der Waals surface area contributed by atoms with Gasteiger partial charge in [0.05, 0.1) is 0 Å². The lowest BCUT2D eigenvalue weighted by Gasteiger charge is -2.24. The highest BCUT2D eigenvalue weighted by Gasteiger charge is 2.09. The van der Waals surface area contributed by atoms with Crippen molar-refractivity contribution in [1.29, 1.82) is 0 Å². The topological polar surface area (TPSA) is 15.3 Å². The summed E-state index contributed by atoms with van der Waals surface area (Å²) in [5.74, 6) is 0. The Hall–Kier alpha value is -1.12. The summed E-state index contributed by atoms with van der Waals surface area (Å²) in [5, 5.41) is 3.50. The third-order valence-electron chi connectivity index (χ3n) is 3.40. The molecule has 2 heteroatoms. The van der Waals surface area contributed by atoms with Crippen molar-refractivity contribution in [2.24, 2.45) is 0 Å². The van der Waals surface area contributed by atoms with Crippen LogP contribution in [-0.4, -0.2) is 24.5 Å². The monoisotopic (exact) mass is 244 g/mol. The molecule has 0 radical (unpaired) electrons. The zero-order valence-electron chi connectivity index (χ0n) is 11.4. The first kappa shape index (κ1) is 13.3. The summed E-state index contributed by atoms with van der Waals surface area (Å²) in [5.41, 5.74) is 2.91. The van der Waals surface area contributed by atoms with Crippen LogP contribution in [-0.2, 0) is 13.1 Å². The Morgan fingerprint density at radius 2 is 2.00 bits per heavy atom. The number of nitrogens with one attached hydrogen (secondary N) is 1. The Kier molecular flexibility index (Phi) is 5.43. The van der Waals surface area contributed by atoms with Crippen LogP contribution in [0.1, 0.15) is 30.9 Å². The van der Waals surface area contributed by atoms with Crippen LogP contribution in [0.25, 0.3) is 0 Å². The van der Waals surface area contributed by atoms with Gasteiger partial charge in [0, 0.05) is 26.2 Å². The lowest BCUT2D eigenvalue weighted by molar-refractivity contribution is 0.289. The largest absolute Gasteiger partial charge is 0.313 e. The van der Waals surface area contributed by atoms with Crippen molar-refractivity contribution in [3.8, 4) is 0 Å². The second kappa shape index (κ2) is 7.34. The minimum absolute atomic E-state index is 0.994. The van der Waals surface area contributed by atoms with Gasteiger partial charge in [0.2, 0.25) is 0 Å². The molecule has 1 aliphatic heterocycles. The number of rotatable bonds is 6. The number of hydrogen-bond donors (Lipinski definition) is 1. The van der Waals surface area contributed by atoms with Crippen molar-refractivity contribution in [3.63, 3.8) is 0 Å². The Balaban J connectivity index is 1.95. The molecule has 98 valence electrons. The first-order valence-electron chi connectivity index (χ1n) is 7.05. The molecular formula is C16H24N2. The molecule has 0 saturated carbocycles. The molecule has 0 bridgehead atoms. The van der Waals surface area contributed by atoms with E-state index in [0.29, 0.717) is 0 Å². The lowest BCUT2D eigenvalue weighted by Crippen LogP contribution is -2.27. The van der Waals surface area contributed by atoms with E-state index < -0.39 is 0 Å². The summed E-state index contributed by atoms with van der Waals surface area (Å²) in [6, 6.07) is 8.81. The normalized spacial score (nSPS) is 16.1. The summed E-state index contributed by atoms with van der Waals surface area (Å²) >= 11 is 0. The minimum atomic E-state index is 0.994. The molecule has 0 saturated heterocycles. The summed E-state index contributed by atoms with van der Waals surface area (Å²) < 4.78 is 0. The Labute approximate surface area is 111 Å². The number of nitrogens with zero attached hydrogens (tertiary/aromatic N) is 1. The SMILES string of the molecule is CCCNCc1ccccc1CN1CC=CCC1. The van der Waals surface area contributed by atoms with Crippen molar-refractivity contribution in [1.82, 2.24) is 10.2 Å². The molecule has 1 N–H and O–H groups in total. The fourth-order valence-corrected chi connectivity index (χ4v) is 2.36. The smallest absolute Gasteiger partial charge is 0.0240 e. The van der Waals surface area contributed by atoms with Gasteiger partial charge in [-0.2, -0.15) is 0 Å². The van der Waals surface area contributed by atoms with Gasteiger partial charge < -0.3 is 5.32 Å². The van der Waals surface area contributed by atoms with Gasteiger partial charge in [0.25, 0.3) is 0 Å². The number of benzene rings is 1. The van der Waals surface area contributed by atoms with Gasteiger partial charge in [-0.05, 0) is 30.5 Å². The molecule has 0 amide bonds. The van der Waals surface area contributed by atoms with E-state index in [-0.39, 0.29) is 0 Å². The fraction of sp³-hybridized carbons (Fsp3) is 0.500. The van der Waals surface area contributed by atoms with E-state index in [2.05, 4.69) is 53.6 Å². The zero-order valence-corrected chi connectivity index (χ0v) is 11.4. The van der Waals surface area contributed by atoms with Crippen LogP contribution in [0.15, 0.2) is 36.4 Å². The standard InChI is InChI=1S/C16H24N2/c1-2-10-17-13-15-8-4-5-9-16(15)14-18-11-6-3-7-12-18/h3-6,8-9,17H,2,7,10-14H2,1H3. The van der Waals surface area contributed by atoms with Gasteiger partial charge in [0.1, 0.15) is 0 Å². The molecule has 0 fully saturated rings. The van der Waals surface area contributed by atoms with Crippen molar-refractivity contribution >= 4 is 0 Å². The molecule has 18 heavy (non-hydrogen) atoms. The van der Waals surface area contributed by atoms with Crippen LogP contribution >= 0.6 is 0 Å². The molecule has 1 aromatic rings. The Morgan fingerprint density at radius 3 is 2.72 bits per heavy atom. The zero-order chi connectivity index (χ0) is 12.6. The molecule has 1 heterocycles. The molecule has 2 nitrogen and oxygen atoms in total. The Morgan fingerprint density at radius 1 is 1.17 bits per heavy atom. The van der Waals surface area contributed by atoms with E-state index in [1.807, 2.05) is 0 Å². The predicted molar refractivity (Wildman–Crippen MR) is 77.5 cm³/mol. The summed E-state index contributed by atoms with van der Waals surface area (Å²) in [7, 11) is 0.